The lowest BCUT2D eigenvalue weighted by Crippen LogP contribution is -2.49. The molecule has 0 unspecified atom stereocenters. The number of benzene rings is 1. The zero-order chi connectivity index (χ0) is 20.7. The second-order valence-electron chi connectivity index (χ2n) is 7.48. The van der Waals surface area contributed by atoms with Crippen molar-refractivity contribution in [2.24, 2.45) is 0 Å². The summed E-state index contributed by atoms with van der Waals surface area (Å²) in [5.74, 6) is -0.521. The number of piperazine rings is 1. The van der Waals surface area contributed by atoms with Gasteiger partial charge in [-0.05, 0) is 25.0 Å². The minimum atomic E-state index is -0.444. The van der Waals surface area contributed by atoms with Crippen molar-refractivity contribution in [3.8, 4) is 0 Å². The number of carbonyl (C=O) groups excluding carboxylic acids is 1. The molecule has 0 N–H and O–H groups in total. The summed E-state index contributed by atoms with van der Waals surface area (Å²) >= 11 is 1.33. The lowest BCUT2D eigenvalue weighted by atomic mass is 10.2. The molecule has 2 fully saturated rings. The predicted octanol–water partition coefficient (Wildman–Crippen LogP) is 1.85. The van der Waals surface area contributed by atoms with E-state index in [0.717, 1.165) is 31.1 Å². The van der Waals surface area contributed by atoms with E-state index in [2.05, 4.69) is 15.0 Å². The summed E-state index contributed by atoms with van der Waals surface area (Å²) in [4.78, 5) is 35.6. The minimum Gasteiger partial charge on any atom is -0.366 e. The Hall–Kier alpha value is -3.01. The van der Waals surface area contributed by atoms with E-state index in [0.29, 0.717) is 36.8 Å². The van der Waals surface area contributed by atoms with Crippen LogP contribution in [0.25, 0.3) is 4.96 Å². The largest absolute Gasteiger partial charge is 0.366 e. The van der Waals surface area contributed by atoms with Gasteiger partial charge in [-0.2, -0.15) is 9.50 Å². The molecule has 3 aromatic rings. The van der Waals surface area contributed by atoms with Gasteiger partial charge in [0, 0.05) is 45.3 Å². The van der Waals surface area contributed by atoms with Gasteiger partial charge in [-0.3, -0.25) is 9.59 Å². The first-order chi connectivity index (χ1) is 14.6. The summed E-state index contributed by atoms with van der Waals surface area (Å²) in [6.45, 7) is 3.76. The van der Waals surface area contributed by atoms with Crippen LogP contribution in [0.5, 0.6) is 0 Å². The Bertz CT molecular complexity index is 1150. The molecule has 2 saturated heterocycles. The van der Waals surface area contributed by atoms with Crippen molar-refractivity contribution >= 4 is 33.0 Å². The summed E-state index contributed by atoms with van der Waals surface area (Å²) in [6, 6.07) is 7.90. The number of amides is 1. The highest BCUT2D eigenvalue weighted by atomic mass is 32.1. The Morgan fingerprint density at radius 3 is 2.47 bits per heavy atom. The molecule has 0 radical (unpaired) electrons. The fraction of sp³-hybridized carbons (Fsp3) is 0.400. The van der Waals surface area contributed by atoms with Crippen molar-refractivity contribution < 1.29 is 9.18 Å². The lowest BCUT2D eigenvalue weighted by Gasteiger charge is -2.36. The molecular weight excluding hydrogens is 407 g/mol. The number of rotatable bonds is 3. The maximum Gasteiger partial charge on any atom is 0.274 e. The number of aromatic nitrogens is 3. The number of para-hydroxylation sites is 1. The molecule has 4 heterocycles. The highest BCUT2D eigenvalue weighted by Gasteiger charge is 2.27. The van der Waals surface area contributed by atoms with Gasteiger partial charge >= 0.3 is 0 Å². The Kier molecular flexibility index (Phi) is 4.86. The summed E-state index contributed by atoms with van der Waals surface area (Å²) in [7, 11) is 0. The zero-order valence-electron chi connectivity index (χ0n) is 16.3. The van der Waals surface area contributed by atoms with E-state index < -0.39 is 5.56 Å². The third-order valence-corrected chi connectivity index (χ3v) is 6.57. The van der Waals surface area contributed by atoms with Crippen molar-refractivity contribution in [2.45, 2.75) is 12.8 Å². The lowest BCUT2D eigenvalue weighted by molar-refractivity contribution is 0.0737. The second-order valence-corrected chi connectivity index (χ2v) is 8.42. The van der Waals surface area contributed by atoms with Gasteiger partial charge in [-0.1, -0.05) is 23.5 Å². The topological polar surface area (TPSA) is 74.0 Å². The van der Waals surface area contributed by atoms with E-state index in [1.54, 1.807) is 23.1 Å². The molecule has 2 aliphatic heterocycles. The fourth-order valence-electron chi connectivity index (χ4n) is 4.01. The number of carbonyl (C=O) groups is 1. The molecule has 2 aromatic heterocycles. The fourth-order valence-corrected chi connectivity index (χ4v) is 4.97. The Balaban J connectivity index is 1.38. The molecule has 0 atom stereocenters. The van der Waals surface area contributed by atoms with Crippen LogP contribution in [0.15, 0.2) is 35.1 Å². The van der Waals surface area contributed by atoms with Gasteiger partial charge in [0.05, 0.1) is 5.69 Å². The highest BCUT2D eigenvalue weighted by molar-refractivity contribution is 7.20. The third kappa shape index (κ3) is 3.41. The quantitative estimate of drug-likeness (QED) is 0.634. The number of nitrogens with zero attached hydrogens (tertiary/aromatic N) is 6. The van der Waals surface area contributed by atoms with Crippen LogP contribution in [0.1, 0.15) is 23.3 Å². The van der Waals surface area contributed by atoms with Crippen molar-refractivity contribution in [1.29, 1.82) is 0 Å². The first kappa shape index (κ1) is 19.0. The van der Waals surface area contributed by atoms with Gasteiger partial charge in [0.1, 0.15) is 11.5 Å². The van der Waals surface area contributed by atoms with Crippen LogP contribution < -0.4 is 15.4 Å². The van der Waals surface area contributed by atoms with Gasteiger partial charge < -0.3 is 14.7 Å². The number of anilines is 2. The predicted molar refractivity (Wildman–Crippen MR) is 113 cm³/mol. The first-order valence-electron chi connectivity index (χ1n) is 10.0. The van der Waals surface area contributed by atoms with Crippen LogP contribution in [0.3, 0.4) is 0 Å². The Morgan fingerprint density at radius 2 is 1.73 bits per heavy atom. The molecule has 10 heteroatoms. The molecule has 0 aliphatic carbocycles. The Labute approximate surface area is 176 Å². The summed E-state index contributed by atoms with van der Waals surface area (Å²) in [5, 5.41) is 5.36. The van der Waals surface area contributed by atoms with Crippen LogP contribution in [-0.2, 0) is 0 Å². The van der Waals surface area contributed by atoms with Gasteiger partial charge in [0.2, 0.25) is 10.1 Å². The van der Waals surface area contributed by atoms with Crippen molar-refractivity contribution in [2.75, 3.05) is 49.1 Å². The SMILES string of the molecule is O=C(c1cc(=O)nc2sc(N3CCCC3)nn12)N1CCN(c2ccccc2F)CC1. The number of fused-ring (bicyclic) bond motifs is 1. The van der Waals surface area contributed by atoms with E-state index in [1.807, 2.05) is 4.90 Å². The maximum atomic E-state index is 14.1. The van der Waals surface area contributed by atoms with Gasteiger partial charge in [0.15, 0.2) is 0 Å². The minimum absolute atomic E-state index is 0.228. The van der Waals surface area contributed by atoms with E-state index >= 15 is 0 Å². The molecule has 30 heavy (non-hydrogen) atoms. The average molecular weight is 428 g/mol. The zero-order valence-corrected chi connectivity index (χ0v) is 17.1. The standard InChI is InChI=1S/C20H21FN6O2S/c21-14-5-1-2-6-15(14)24-9-11-25(12-10-24)18(29)16-13-17(28)22-19-27(16)23-20(30-19)26-7-3-4-8-26/h1-2,5-6,13H,3-4,7-12H2. The second kappa shape index (κ2) is 7.67. The molecule has 5 rings (SSSR count). The molecule has 1 aromatic carbocycles. The molecule has 0 bridgehead atoms. The molecule has 8 nitrogen and oxygen atoms in total. The third-order valence-electron chi connectivity index (χ3n) is 5.60. The Morgan fingerprint density at radius 1 is 1.00 bits per heavy atom. The van der Waals surface area contributed by atoms with Crippen LogP contribution in [0.2, 0.25) is 0 Å². The molecule has 0 saturated carbocycles. The van der Waals surface area contributed by atoms with E-state index in [9.17, 15) is 14.0 Å². The van der Waals surface area contributed by atoms with Gasteiger partial charge in [0.25, 0.3) is 11.5 Å². The maximum absolute atomic E-state index is 14.1. The van der Waals surface area contributed by atoms with Crippen LogP contribution in [0, 0.1) is 5.82 Å². The normalized spacial score (nSPS) is 17.2. The molecule has 0 spiro atoms. The number of hydrogen-bond donors (Lipinski definition) is 0. The monoisotopic (exact) mass is 428 g/mol. The molecule has 1 amide bonds. The van der Waals surface area contributed by atoms with E-state index in [1.165, 1.54) is 28.0 Å². The van der Waals surface area contributed by atoms with Gasteiger partial charge in [-0.15, -0.1) is 5.10 Å². The molecular formula is C20H21FN6O2S. The highest BCUT2D eigenvalue weighted by Crippen LogP contribution is 2.26. The molecule has 156 valence electrons. The van der Waals surface area contributed by atoms with Crippen molar-refractivity contribution in [3.63, 3.8) is 0 Å². The first-order valence-corrected chi connectivity index (χ1v) is 10.9. The summed E-state index contributed by atoms with van der Waals surface area (Å²) in [6.07, 6.45) is 2.22. The summed E-state index contributed by atoms with van der Waals surface area (Å²) in [5.41, 5.74) is 0.327. The van der Waals surface area contributed by atoms with E-state index in [4.69, 9.17) is 0 Å². The smallest absolute Gasteiger partial charge is 0.274 e. The van der Waals surface area contributed by atoms with Crippen LogP contribution in [-0.4, -0.2) is 64.7 Å². The molecule has 2 aliphatic rings. The summed E-state index contributed by atoms with van der Waals surface area (Å²) < 4.78 is 15.6. The van der Waals surface area contributed by atoms with Crippen molar-refractivity contribution in [1.82, 2.24) is 19.5 Å². The average Bonchev–Trinajstić information content (AvgIpc) is 3.43. The van der Waals surface area contributed by atoms with Crippen LogP contribution >= 0.6 is 11.3 Å². The van der Waals surface area contributed by atoms with Gasteiger partial charge in [-0.25, -0.2) is 4.39 Å². The number of halogens is 1. The van der Waals surface area contributed by atoms with E-state index in [-0.39, 0.29) is 17.4 Å². The number of hydrogen-bond acceptors (Lipinski definition) is 7. The van der Waals surface area contributed by atoms with Crippen LogP contribution in [0.4, 0.5) is 15.2 Å². The van der Waals surface area contributed by atoms with Crippen molar-refractivity contribution in [3.05, 3.63) is 52.2 Å².